The van der Waals surface area contributed by atoms with Gasteiger partial charge in [0, 0.05) is 0 Å². The molecule has 0 aliphatic rings. The van der Waals surface area contributed by atoms with Gasteiger partial charge in [-0.15, -0.1) is 4.91 Å². The number of hydrogen-bond donors (Lipinski definition) is 0. The molecule has 0 atom stereocenters. The van der Waals surface area contributed by atoms with Crippen LogP contribution in [0, 0.1) is 4.91 Å². The Labute approximate surface area is 80.6 Å². The lowest BCUT2D eigenvalue weighted by Crippen LogP contribution is -2.01. The van der Waals surface area contributed by atoms with Crippen molar-refractivity contribution in [1.29, 1.82) is 0 Å². The Kier molecular flexibility index (Phi) is 3.17. The monoisotopic (exact) mass is 195 g/mol. The Morgan fingerprint density at radius 3 is 2.57 bits per heavy atom. The molecule has 0 saturated carbocycles. The molecule has 0 N–H and O–H groups in total. The van der Waals surface area contributed by atoms with Gasteiger partial charge in [-0.25, -0.2) is 4.79 Å². The minimum absolute atomic E-state index is 0.0395. The molecule has 1 aromatic carbocycles. The van der Waals surface area contributed by atoms with Gasteiger partial charge in [0.25, 0.3) is 0 Å². The molecule has 1 rings (SSSR count). The fraction of sp³-hybridized carbons (Fsp3) is 0.222. The van der Waals surface area contributed by atoms with Gasteiger partial charge in [0.05, 0.1) is 19.8 Å². The van der Waals surface area contributed by atoms with Crippen LogP contribution < -0.4 is 4.74 Å². The van der Waals surface area contributed by atoms with E-state index in [9.17, 15) is 9.70 Å². The van der Waals surface area contributed by atoms with Gasteiger partial charge in [-0.3, -0.25) is 0 Å². The maximum Gasteiger partial charge on any atom is 0.340 e. The molecular weight excluding hydrogens is 186 g/mol. The summed E-state index contributed by atoms with van der Waals surface area (Å²) >= 11 is 0. The molecule has 0 unspecified atom stereocenters. The quantitative estimate of drug-likeness (QED) is 0.545. The van der Waals surface area contributed by atoms with E-state index in [0.717, 1.165) is 0 Å². The van der Waals surface area contributed by atoms with E-state index in [1.807, 2.05) is 0 Å². The second kappa shape index (κ2) is 4.36. The van der Waals surface area contributed by atoms with Crippen LogP contribution in [0.4, 0.5) is 5.69 Å². The minimum atomic E-state index is -0.612. The summed E-state index contributed by atoms with van der Waals surface area (Å²) in [5.74, 6) is -0.142. The van der Waals surface area contributed by atoms with Crippen LogP contribution in [0.3, 0.4) is 0 Å². The molecule has 0 heterocycles. The number of rotatable bonds is 3. The molecule has 5 heteroatoms. The molecule has 0 aliphatic carbocycles. The first kappa shape index (κ1) is 10.2. The van der Waals surface area contributed by atoms with Crippen molar-refractivity contribution in [3.05, 3.63) is 28.7 Å². The minimum Gasteiger partial charge on any atom is -0.497 e. The lowest BCUT2D eigenvalue weighted by atomic mass is 10.2. The van der Waals surface area contributed by atoms with Gasteiger partial charge < -0.3 is 9.47 Å². The largest absolute Gasteiger partial charge is 0.497 e. The van der Waals surface area contributed by atoms with Crippen molar-refractivity contribution in [3.63, 3.8) is 0 Å². The van der Waals surface area contributed by atoms with Gasteiger partial charge >= 0.3 is 5.97 Å². The lowest BCUT2D eigenvalue weighted by Gasteiger charge is -2.04. The van der Waals surface area contributed by atoms with Crippen LogP contribution in [0.15, 0.2) is 23.4 Å². The first-order valence-electron chi connectivity index (χ1n) is 3.82. The number of carbonyl (C=O) groups is 1. The Hall–Kier alpha value is -1.91. The van der Waals surface area contributed by atoms with Crippen molar-refractivity contribution >= 4 is 11.7 Å². The van der Waals surface area contributed by atoms with Gasteiger partial charge in [0.1, 0.15) is 11.4 Å². The van der Waals surface area contributed by atoms with Crippen molar-refractivity contribution in [2.75, 3.05) is 14.2 Å². The summed E-state index contributed by atoms with van der Waals surface area (Å²) < 4.78 is 9.38. The predicted molar refractivity (Wildman–Crippen MR) is 49.8 cm³/mol. The average molecular weight is 195 g/mol. The van der Waals surface area contributed by atoms with Crippen LogP contribution in [0.5, 0.6) is 5.75 Å². The zero-order chi connectivity index (χ0) is 10.6. The van der Waals surface area contributed by atoms with Crippen molar-refractivity contribution in [3.8, 4) is 5.75 Å². The van der Waals surface area contributed by atoms with E-state index in [1.165, 1.54) is 26.4 Å². The van der Waals surface area contributed by atoms with Crippen LogP contribution in [0.25, 0.3) is 0 Å². The van der Waals surface area contributed by atoms with Gasteiger partial charge in [0.15, 0.2) is 0 Å². The summed E-state index contributed by atoms with van der Waals surface area (Å²) in [7, 11) is 2.70. The Morgan fingerprint density at radius 2 is 2.07 bits per heavy atom. The Balaban J connectivity index is 3.21. The van der Waals surface area contributed by atoms with Gasteiger partial charge in [-0.2, -0.15) is 0 Å². The molecular formula is C9H9NO4. The van der Waals surface area contributed by atoms with Crippen LogP contribution in [0.1, 0.15) is 10.4 Å². The van der Waals surface area contributed by atoms with Gasteiger partial charge in [0.2, 0.25) is 0 Å². The SMILES string of the molecule is COC(=O)c1cc(OC)ccc1N=O. The molecule has 0 amide bonds. The van der Waals surface area contributed by atoms with E-state index in [1.54, 1.807) is 6.07 Å². The summed E-state index contributed by atoms with van der Waals surface area (Å²) in [6.45, 7) is 0. The third-order valence-corrected chi connectivity index (χ3v) is 1.71. The summed E-state index contributed by atoms with van der Waals surface area (Å²) in [4.78, 5) is 21.5. The number of benzene rings is 1. The first-order chi connectivity index (χ1) is 6.72. The van der Waals surface area contributed by atoms with Gasteiger partial charge in [-0.05, 0) is 23.4 Å². The van der Waals surface area contributed by atoms with Crippen LogP contribution in [-0.4, -0.2) is 20.2 Å². The molecule has 0 aromatic heterocycles. The van der Waals surface area contributed by atoms with E-state index >= 15 is 0 Å². The highest BCUT2D eigenvalue weighted by molar-refractivity contribution is 5.95. The third-order valence-electron chi connectivity index (χ3n) is 1.71. The number of carbonyl (C=O) groups excluding carboxylic acids is 1. The van der Waals surface area contributed by atoms with E-state index < -0.39 is 5.97 Å². The molecule has 0 radical (unpaired) electrons. The number of nitroso groups, excluding NO2 is 1. The molecule has 14 heavy (non-hydrogen) atoms. The second-order valence-electron chi connectivity index (χ2n) is 2.47. The van der Waals surface area contributed by atoms with E-state index in [0.29, 0.717) is 5.75 Å². The van der Waals surface area contributed by atoms with Crippen LogP contribution in [0.2, 0.25) is 0 Å². The van der Waals surface area contributed by atoms with Gasteiger partial charge in [-0.1, -0.05) is 0 Å². The molecule has 1 aromatic rings. The van der Waals surface area contributed by atoms with Crippen LogP contribution >= 0.6 is 0 Å². The standard InChI is InChI=1S/C9H9NO4/c1-13-6-3-4-8(10-12)7(5-6)9(11)14-2/h3-5H,1-2H3. The maximum atomic E-state index is 11.2. The first-order valence-corrected chi connectivity index (χ1v) is 3.82. The molecule has 0 saturated heterocycles. The van der Waals surface area contributed by atoms with Crippen LogP contribution in [-0.2, 0) is 4.74 Å². The fourth-order valence-corrected chi connectivity index (χ4v) is 0.995. The highest BCUT2D eigenvalue weighted by atomic mass is 16.5. The predicted octanol–water partition coefficient (Wildman–Crippen LogP) is 1.88. The zero-order valence-corrected chi connectivity index (χ0v) is 7.81. The number of methoxy groups -OCH3 is 2. The number of esters is 1. The molecule has 0 spiro atoms. The van der Waals surface area contributed by atoms with Crippen molar-refractivity contribution < 1.29 is 14.3 Å². The fourth-order valence-electron chi connectivity index (χ4n) is 0.995. The van der Waals surface area contributed by atoms with Crippen molar-refractivity contribution in [2.24, 2.45) is 5.18 Å². The maximum absolute atomic E-state index is 11.2. The van der Waals surface area contributed by atoms with Crippen molar-refractivity contribution in [2.45, 2.75) is 0 Å². The average Bonchev–Trinajstić information content (AvgIpc) is 2.27. The van der Waals surface area contributed by atoms with E-state index in [2.05, 4.69) is 9.91 Å². The molecule has 5 nitrogen and oxygen atoms in total. The topological polar surface area (TPSA) is 65.0 Å². The van der Waals surface area contributed by atoms with E-state index in [4.69, 9.17) is 4.74 Å². The normalized spacial score (nSPS) is 9.29. The number of nitrogens with zero attached hydrogens (tertiary/aromatic N) is 1. The third kappa shape index (κ3) is 1.87. The summed E-state index contributed by atoms with van der Waals surface area (Å²) in [5, 5.41) is 2.71. The number of ether oxygens (including phenoxy) is 2. The van der Waals surface area contributed by atoms with Crippen molar-refractivity contribution in [1.82, 2.24) is 0 Å². The lowest BCUT2D eigenvalue weighted by molar-refractivity contribution is 0.0601. The summed E-state index contributed by atoms with van der Waals surface area (Å²) in [6, 6.07) is 4.35. The highest BCUT2D eigenvalue weighted by Crippen LogP contribution is 2.24. The summed E-state index contributed by atoms with van der Waals surface area (Å²) in [5.41, 5.74) is 0.138. The summed E-state index contributed by atoms with van der Waals surface area (Å²) in [6.07, 6.45) is 0. The Bertz CT molecular complexity index is 362. The highest BCUT2D eigenvalue weighted by Gasteiger charge is 2.13. The van der Waals surface area contributed by atoms with E-state index in [-0.39, 0.29) is 11.3 Å². The number of hydrogen-bond acceptors (Lipinski definition) is 5. The smallest absolute Gasteiger partial charge is 0.340 e. The molecule has 0 aliphatic heterocycles. The molecule has 74 valence electrons. The zero-order valence-electron chi connectivity index (χ0n) is 7.81. The Morgan fingerprint density at radius 1 is 1.36 bits per heavy atom. The second-order valence-corrected chi connectivity index (χ2v) is 2.47. The molecule has 0 bridgehead atoms. The molecule has 0 fully saturated rings.